The molecule has 3 N–H and O–H groups in total. The molecule has 0 aliphatic carbocycles. The molecule has 0 unspecified atom stereocenters. The summed E-state index contributed by atoms with van der Waals surface area (Å²) in [6.07, 6.45) is 0.562. The molecule has 0 atom stereocenters. The summed E-state index contributed by atoms with van der Waals surface area (Å²) in [5.41, 5.74) is 3.68. The van der Waals surface area contributed by atoms with Gasteiger partial charge in [0.25, 0.3) is 11.5 Å². The van der Waals surface area contributed by atoms with Crippen LogP contribution in [0.2, 0.25) is 0 Å². The molecule has 3 aromatic rings. The first-order valence-electron chi connectivity index (χ1n) is 8.39. The molecule has 0 bridgehead atoms. The normalized spacial score (nSPS) is 10.5. The second-order valence-electron chi connectivity index (χ2n) is 6.04. The van der Waals surface area contributed by atoms with Crippen molar-refractivity contribution < 1.29 is 9.90 Å². The minimum atomic E-state index is -0.460. The van der Waals surface area contributed by atoms with E-state index in [1.54, 1.807) is 18.2 Å². The Morgan fingerprint density at radius 2 is 1.77 bits per heavy atom. The number of amides is 1. The van der Waals surface area contributed by atoms with Gasteiger partial charge in [-0.15, -0.1) is 0 Å². The molecule has 26 heavy (non-hydrogen) atoms. The summed E-state index contributed by atoms with van der Waals surface area (Å²) >= 11 is 0. The number of H-pyrrole nitrogens is 1. The van der Waals surface area contributed by atoms with Gasteiger partial charge in [-0.05, 0) is 42.7 Å². The van der Waals surface area contributed by atoms with Crippen molar-refractivity contribution in [2.75, 3.05) is 11.9 Å². The number of benzene rings is 2. The van der Waals surface area contributed by atoms with Gasteiger partial charge in [0.1, 0.15) is 5.56 Å². The molecule has 0 saturated heterocycles. The fourth-order valence-corrected chi connectivity index (χ4v) is 2.79. The van der Waals surface area contributed by atoms with Crippen LogP contribution in [0.15, 0.2) is 65.5 Å². The number of aromatic amines is 1. The standard InChI is InChI=1S/C21H20N2O3/c1-14-18(16-5-3-2-4-6-16)13-19(20(25)22-14)21(26)23-17-9-7-15(8-10-17)11-12-24/h2-10,13,24H,11-12H2,1H3,(H,22,25)(H,23,26). The zero-order chi connectivity index (χ0) is 18.5. The molecule has 0 radical (unpaired) electrons. The second-order valence-corrected chi connectivity index (χ2v) is 6.04. The van der Waals surface area contributed by atoms with Gasteiger partial charge < -0.3 is 15.4 Å². The number of carbonyl (C=O) groups excluding carboxylic acids is 1. The molecule has 0 aliphatic heterocycles. The molecule has 0 aliphatic rings. The number of hydrogen-bond donors (Lipinski definition) is 3. The third-order valence-electron chi connectivity index (χ3n) is 4.18. The van der Waals surface area contributed by atoms with Crippen molar-refractivity contribution in [2.45, 2.75) is 13.3 Å². The van der Waals surface area contributed by atoms with Gasteiger partial charge in [0, 0.05) is 23.6 Å². The lowest BCUT2D eigenvalue weighted by atomic mass is 10.0. The van der Waals surface area contributed by atoms with E-state index in [4.69, 9.17) is 5.11 Å². The monoisotopic (exact) mass is 348 g/mol. The van der Waals surface area contributed by atoms with Gasteiger partial charge in [-0.25, -0.2) is 0 Å². The van der Waals surface area contributed by atoms with E-state index in [0.29, 0.717) is 17.8 Å². The maximum atomic E-state index is 12.6. The molecule has 0 spiro atoms. The zero-order valence-electron chi connectivity index (χ0n) is 14.5. The molecule has 2 aromatic carbocycles. The van der Waals surface area contributed by atoms with Crippen LogP contribution in [0.1, 0.15) is 21.6 Å². The Balaban J connectivity index is 1.88. The van der Waals surface area contributed by atoms with Crippen LogP contribution in [0, 0.1) is 6.92 Å². The number of aliphatic hydroxyl groups is 1. The Morgan fingerprint density at radius 3 is 2.42 bits per heavy atom. The van der Waals surface area contributed by atoms with Crippen molar-refractivity contribution in [3.63, 3.8) is 0 Å². The average Bonchev–Trinajstić information content (AvgIpc) is 2.64. The third-order valence-corrected chi connectivity index (χ3v) is 4.18. The molecule has 5 nitrogen and oxygen atoms in total. The van der Waals surface area contributed by atoms with E-state index >= 15 is 0 Å². The van der Waals surface area contributed by atoms with Crippen LogP contribution in [0.25, 0.3) is 11.1 Å². The number of aliphatic hydroxyl groups excluding tert-OH is 1. The van der Waals surface area contributed by atoms with Crippen molar-refractivity contribution in [1.29, 1.82) is 0 Å². The molecule has 1 amide bonds. The van der Waals surface area contributed by atoms with Gasteiger partial charge >= 0.3 is 0 Å². The summed E-state index contributed by atoms with van der Waals surface area (Å²) in [5.74, 6) is -0.460. The predicted octanol–water partition coefficient (Wildman–Crippen LogP) is 3.14. The SMILES string of the molecule is Cc1[nH]c(=O)c(C(=O)Nc2ccc(CCO)cc2)cc1-c1ccccc1. The lowest BCUT2D eigenvalue weighted by Crippen LogP contribution is -2.24. The molecule has 3 rings (SSSR count). The lowest BCUT2D eigenvalue weighted by molar-refractivity contribution is 0.102. The van der Waals surface area contributed by atoms with Crippen LogP contribution in [-0.4, -0.2) is 22.6 Å². The summed E-state index contributed by atoms with van der Waals surface area (Å²) < 4.78 is 0. The fourth-order valence-electron chi connectivity index (χ4n) is 2.79. The molecule has 0 fully saturated rings. The molecule has 0 saturated carbocycles. The van der Waals surface area contributed by atoms with Crippen molar-refractivity contribution in [1.82, 2.24) is 4.98 Å². The van der Waals surface area contributed by atoms with Crippen LogP contribution < -0.4 is 10.9 Å². The summed E-state index contributed by atoms with van der Waals surface area (Å²) in [5, 5.41) is 11.7. The molecule has 1 heterocycles. The first-order valence-corrected chi connectivity index (χ1v) is 8.39. The molecule has 132 valence electrons. The fraction of sp³-hybridized carbons (Fsp3) is 0.143. The second kappa shape index (κ2) is 7.80. The maximum absolute atomic E-state index is 12.6. The Morgan fingerprint density at radius 1 is 1.08 bits per heavy atom. The Labute approximate surface area is 151 Å². The zero-order valence-corrected chi connectivity index (χ0v) is 14.5. The van der Waals surface area contributed by atoms with Crippen molar-refractivity contribution >= 4 is 11.6 Å². The highest BCUT2D eigenvalue weighted by atomic mass is 16.3. The van der Waals surface area contributed by atoms with Gasteiger partial charge in [-0.1, -0.05) is 42.5 Å². The minimum Gasteiger partial charge on any atom is -0.396 e. The third kappa shape index (κ3) is 3.90. The first-order chi connectivity index (χ1) is 12.6. The van der Waals surface area contributed by atoms with Gasteiger partial charge in [0.05, 0.1) is 0 Å². The Bertz CT molecular complexity index is 961. The summed E-state index contributed by atoms with van der Waals surface area (Å²) in [6, 6.07) is 18.4. The number of anilines is 1. The smallest absolute Gasteiger partial charge is 0.261 e. The maximum Gasteiger partial charge on any atom is 0.261 e. The summed E-state index contributed by atoms with van der Waals surface area (Å²) in [4.78, 5) is 27.6. The number of pyridine rings is 1. The average molecular weight is 348 g/mol. The number of hydrogen-bond acceptors (Lipinski definition) is 3. The quantitative estimate of drug-likeness (QED) is 0.662. The number of carbonyl (C=O) groups is 1. The van der Waals surface area contributed by atoms with Crippen LogP contribution in [0.3, 0.4) is 0 Å². The van der Waals surface area contributed by atoms with Crippen LogP contribution in [0.5, 0.6) is 0 Å². The van der Waals surface area contributed by atoms with Crippen LogP contribution >= 0.6 is 0 Å². The van der Waals surface area contributed by atoms with Gasteiger partial charge in [-0.3, -0.25) is 9.59 Å². The topological polar surface area (TPSA) is 82.2 Å². The lowest BCUT2D eigenvalue weighted by Gasteiger charge is -2.10. The largest absolute Gasteiger partial charge is 0.396 e. The van der Waals surface area contributed by atoms with Gasteiger partial charge in [0.2, 0.25) is 0 Å². The van der Waals surface area contributed by atoms with Gasteiger partial charge in [0.15, 0.2) is 0 Å². The summed E-state index contributed by atoms with van der Waals surface area (Å²) in [6.45, 7) is 1.89. The predicted molar refractivity (Wildman–Crippen MR) is 102 cm³/mol. The van der Waals surface area contributed by atoms with E-state index in [-0.39, 0.29) is 12.2 Å². The number of rotatable bonds is 5. The van der Waals surface area contributed by atoms with E-state index in [2.05, 4.69) is 10.3 Å². The van der Waals surface area contributed by atoms with E-state index in [9.17, 15) is 9.59 Å². The number of aromatic nitrogens is 1. The number of nitrogens with one attached hydrogen (secondary N) is 2. The van der Waals surface area contributed by atoms with E-state index in [1.807, 2.05) is 49.4 Å². The molecular weight excluding hydrogens is 328 g/mol. The van der Waals surface area contributed by atoms with Crippen molar-refractivity contribution in [2.24, 2.45) is 0 Å². The molecular formula is C21H20N2O3. The first kappa shape index (κ1) is 17.6. The van der Waals surface area contributed by atoms with E-state index in [0.717, 1.165) is 16.7 Å². The Hall–Kier alpha value is -3.18. The highest BCUT2D eigenvalue weighted by molar-refractivity contribution is 6.04. The summed E-state index contributed by atoms with van der Waals surface area (Å²) in [7, 11) is 0. The van der Waals surface area contributed by atoms with Crippen molar-refractivity contribution in [3.8, 4) is 11.1 Å². The van der Waals surface area contributed by atoms with Gasteiger partial charge in [-0.2, -0.15) is 0 Å². The Kier molecular flexibility index (Phi) is 5.29. The highest BCUT2D eigenvalue weighted by Crippen LogP contribution is 2.22. The molecule has 5 heteroatoms. The van der Waals surface area contributed by atoms with E-state index in [1.165, 1.54) is 0 Å². The highest BCUT2D eigenvalue weighted by Gasteiger charge is 2.14. The van der Waals surface area contributed by atoms with Crippen molar-refractivity contribution in [3.05, 3.63) is 87.8 Å². The minimum absolute atomic E-state index is 0.0638. The van der Waals surface area contributed by atoms with Crippen LogP contribution in [0.4, 0.5) is 5.69 Å². The molecule has 1 aromatic heterocycles. The van der Waals surface area contributed by atoms with Crippen LogP contribution in [-0.2, 0) is 6.42 Å². The van der Waals surface area contributed by atoms with E-state index < -0.39 is 11.5 Å². The number of aryl methyl sites for hydroxylation is 1.